The van der Waals surface area contributed by atoms with Crippen LogP contribution < -0.4 is 19.6 Å². The minimum atomic E-state index is -0.507. The van der Waals surface area contributed by atoms with Crippen molar-refractivity contribution >= 4 is 34.0 Å². The molecule has 0 bridgehead atoms. The number of amides is 1. The van der Waals surface area contributed by atoms with E-state index in [4.69, 9.17) is 14.2 Å². The van der Waals surface area contributed by atoms with Gasteiger partial charge in [-0.25, -0.2) is 10.2 Å². The SMILES string of the molecule is COc1cc(/C=N\NC(=O)COc2ccc(-c3ccccc3)cc2)cc(Br)c1OC(=O)c1ccc(C)cc1. The number of carbonyl (C=O) groups excluding carboxylic acids is 2. The number of nitrogens with one attached hydrogen (secondary N) is 1. The van der Waals surface area contributed by atoms with Gasteiger partial charge in [-0.3, -0.25) is 4.79 Å². The molecule has 0 aliphatic carbocycles. The summed E-state index contributed by atoms with van der Waals surface area (Å²) in [5.41, 5.74) is 6.67. The van der Waals surface area contributed by atoms with Gasteiger partial charge in [-0.2, -0.15) is 5.10 Å². The lowest BCUT2D eigenvalue weighted by Crippen LogP contribution is -2.24. The predicted octanol–water partition coefficient (Wildman–Crippen LogP) is 6.18. The maximum atomic E-state index is 12.5. The summed E-state index contributed by atoms with van der Waals surface area (Å²) in [6.07, 6.45) is 1.45. The zero-order valence-electron chi connectivity index (χ0n) is 20.8. The smallest absolute Gasteiger partial charge is 0.343 e. The zero-order chi connectivity index (χ0) is 26.9. The molecule has 7 nitrogen and oxygen atoms in total. The molecule has 0 unspecified atom stereocenters. The summed E-state index contributed by atoms with van der Waals surface area (Å²) in [7, 11) is 1.47. The zero-order valence-corrected chi connectivity index (χ0v) is 22.4. The highest BCUT2D eigenvalue weighted by atomic mass is 79.9. The first-order valence-electron chi connectivity index (χ1n) is 11.7. The van der Waals surface area contributed by atoms with Crippen LogP contribution in [0, 0.1) is 6.92 Å². The van der Waals surface area contributed by atoms with E-state index in [0.717, 1.165) is 16.7 Å². The topological polar surface area (TPSA) is 86.2 Å². The fraction of sp³-hybridized carbons (Fsp3) is 0.100. The third kappa shape index (κ3) is 7.08. The minimum absolute atomic E-state index is 0.192. The molecule has 0 aliphatic rings. The van der Waals surface area contributed by atoms with E-state index in [1.165, 1.54) is 13.3 Å². The lowest BCUT2D eigenvalue weighted by Gasteiger charge is -2.12. The first-order valence-corrected chi connectivity index (χ1v) is 12.5. The summed E-state index contributed by atoms with van der Waals surface area (Å²) in [5, 5.41) is 3.98. The van der Waals surface area contributed by atoms with Crippen LogP contribution in [0.4, 0.5) is 0 Å². The summed E-state index contributed by atoms with van der Waals surface area (Å²) in [5.74, 6) is 0.226. The van der Waals surface area contributed by atoms with Crippen LogP contribution >= 0.6 is 15.9 Å². The molecule has 4 aromatic carbocycles. The van der Waals surface area contributed by atoms with E-state index in [-0.39, 0.29) is 12.4 Å². The quantitative estimate of drug-likeness (QED) is 0.112. The number of nitrogens with zero attached hydrogens (tertiary/aromatic N) is 1. The van der Waals surface area contributed by atoms with Crippen molar-refractivity contribution in [1.29, 1.82) is 0 Å². The van der Waals surface area contributed by atoms with Crippen LogP contribution in [-0.4, -0.2) is 31.8 Å². The largest absolute Gasteiger partial charge is 0.493 e. The van der Waals surface area contributed by atoms with Gasteiger partial charge in [-0.1, -0.05) is 60.2 Å². The third-order valence-electron chi connectivity index (χ3n) is 5.47. The number of hydrogen-bond donors (Lipinski definition) is 1. The van der Waals surface area contributed by atoms with Gasteiger partial charge in [-0.05, 0) is 75.9 Å². The lowest BCUT2D eigenvalue weighted by atomic mass is 10.1. The van der Waals surface area contributed by atoms with Crippen molar-refractivity contribution in [3.8, 4) is 28.4 Å². The molecule has 0 spiro atoms. The second-order valence-corrected chi connectivity index (χ2v) is 9.12. The van der Waals surface area contributed by atoms with E-state index in [1.807, 2.05) is 73.7 Å². The highest BCUT2D eigenvalue weighted by Gasteiger charge is 2.17. The number of rotatable bonds is 9. The van der Waals surface area contributed by atoms with Gasteiger partial charge >= 0.3 is 5.97 Å². The van der Waals surface area contributed by atoms with Crippen molar-refractivity contribution < 1.29 is 23.8 Å². The van der Waals surface area contributed by atoms with Crippen molar-refractivity contribution in [2.45, 2.75) is 6.92 Å². The van der Waals surface area contributed by atoms with Crippen LogP contribution in [-0.2, 0) is 4.79 Å². The molecule has 4 aromatic rings. The van der Waals surface area contributed by atoms with Crippen molar-refractivity contribution in [2.75, 3.05) is 13.7 Å². The Morgan fingerprint density at radius 3 is 2.29 bits per heavy atom. The molecule has 8 heteroatoms. The average molecular weight is 573 g/mol. The fourth-order valence-corrected chi connectivity index (χ4v) is 4.03. The summed E-state index contributed by atoms with van der Waals surface area (Å²) in [4.78, 5) is 24.7. The van der Waals surface area contributed by atoms with Crippen LogP contribution in [0.15, 0.2) is 101 Å². The first-order chi connectivity index (χ1) is 18.4. The van der Waals surface area contributed by atoms with E-state index in [2.05, 4.69) is 26.5 Å². The molecular formula is C30H25BrN2O5. The van der Waals surface area contributed by atoms with Gasteiger partial charge in [0.15, 0.2) is 18.1 Å². The summed E-state index contributed by atoms with van der Waals surface area (Å²) >= 11 is 3.42. The first kappa shape index (κ1) is 26.6. The number of benzene rings is 4. The van der Waals surface area contributed by atoms with Crippen molar-refractivity contribution in [2.24, 2.45) is 5.10 Å². The molecule has 1 N–H and O–H groups in total. The molecule has 0 aliphatic heterocycles. The van der Waals surface area contributed by atoms with E-state index in [9.17, 15) is 9.59 Å². The summed E-state index contributed by atoms with van der Waals surface area (Å²) < 4.78 is 17.0. The molecule has 192 valence electrons. The number of methoxy groups -OCH3 is 1. The Morgan fingerprint density at radius 1 is 0.921 bits per heavy atom. The predicted molar refractivity (Wildman–Crippen MR) is 150 cm³/mol. The normalized spacial score (nSPS) is 10.7. The Hall–Kier alpha value is -4.43. The number of aryl methyl sites for hydroxylation is 1. The maximum absolute atomic E-state index is 12.5. The number of esters is 1. The molecular weight excluding hydrogens is 548 g/mol. The van der Waals surface area contributed by atoms with Crippen LogP contribution in [0.3, 0.4) is 0 Å². The van der Waals surface area contributed by atoms with Crippen molar-refractivity contribution in [3.63, 3.8) is 0 Å². The second-order valence-electron chi connectivity index (χ2n) is 8.26. The average Bonchev–Trinajstić information content (AvgIpc) is 2.94. The maximum Gasteiger partial charge on any atom is 0.343 e. The van der Waals surface area contributed by atoms with Gasteiger partial charge in [0.25, 0.3) is 5.91 Å². The lowest BCUT2D eigenvalue weighted by molar-refractivity contribution is -0.123. The van der Waals surface area contributed by atoms with Crippen LogP contribution in [0.1, 0.15) is 21.5 Å². The van der Waals surface area contributed by atoms with E-state index in [0.29, 0.717) is 27.1 Å². The van der Waals surface area contributed by atoms with Gasteiger partial charge in [0.05, 0.1) is 23.4 Å². The van der Waals surface area contributed by atoms with E-state index < -0.39 is 11.9 Å². The molecule has 4 rings (SSSR count). The van der Waals surface area contributed by atoms with Crippen LogP contribution in [0.25, 0.3) is 11.1 Å². The number of ether oxygens (including phenoxy) is 3. The number of halogens is 1. The number of hydrogen-bond acceptors (Lipinski definition) is 6. The highest BCUT2D eigenvalue weighted by Crippen LogP contribution is 2.37. The Labute approximate surface area is 229 Å². The molecule has 0 saturated heterocycles. The van der Waals surface area contributed by atoms with E-state index >= 15 is 0 Å². The van der Waals surface area contributed by atoms with Gasteiger partial charge in [-0.15, -0.1) is 0 Å². The van der Waals surface area contributed by atoms with Gasteiger partial charge in [0, 0.05) is 0 Å². The number of carbonyl (C=O) groups is 2. The third-order valence-corrected chi connectivity index (χ3v) is 6.06. The molecule has 0 atom stereocenters. The Morgan fingerprint density at radius 2 is 1.61 bits per heavy atom. The molecule has 0 aromatic heterocycles. The van der Waals surface area contributed by atoms with Crippen molar-refractivity contribution in [1.82, 2.24) is 5.43 Å². The van der Waals surface area contributed by atoms with Crippen LogP contribution in [0.2, 0.25) is 0 Å². The molecule has 0 radical (unpaired) electrons. The Bertz CT molecular complexity index is 1440. The molecule has 0 heterocycles. The standard InChI is InChI=1S/C30H25BrN2O5/c1-20-8-10-24(11-9-20)30(35)38-29-26(31)16-21(17-27(29)36-2)18-32-33-28(34)19-37-25-14-12-23(13-15-25)22-6-4-3-5-7-22/h3-18H,19H2,1-2H3,(H,33,34)/b32-18-. The monoisotopic (exact) mass is 572 g/mol. The van der Waals surface area contributed by atoms with Gasteiger partial charge < -0.3 is 14.2 Å². The Kier molecular flexibility index (Phi) is 8.89. The molecule has 1 amide bonds. The van der Waals surface area contributed by atoms with Crippen molar-refractivity contribution in [3.05, 3.63) is 112 Å². The highest BCUT2D eigenvalue weighted by molar-refractivity contribution is 9.10. The second kappa shape index (κ2) is 12.7. The van der Waals surface area contributed by atoms with Crippen LogP contribution in [0.5, 0.6) is 17.2 Å². The number of hydrazone groups is 1. The molecule has 38 heavy (non-hydrogen) atoms. The minimum Gasteiger partial charge on any atom is -0.493 e. The molecule has 0 saturated carbocycles. The summed E-state index contributed by atoms with van der Waals surface area (Å²) in [6, 6.07) is 27.9. The fourth-order valence-electron chi connectivity index (χ4n) is 3.49. The van der Waals surface area contributed by atoms with Gasteiger partial charge in [0.2, 0.25) is 0 Å². The Balaban J connectivity index is 1.32. The molecule has 0 fully saturated rings. The van der Waals surface area contributed by atoms with E-state index in [1.54, 1.807) is 24.3 Å². The van der Waals surface area contributed by atoms with Gasteiger partial charge in [0.1, 0.15) is 5.75 Å². The summed E-state index contributed by atoms with van der Waals surface area (Å²) in [6.45, 7) is 1.75.